The summed E-state index contributed by atoms with van der Waals surface area (Å²) >= 11 is 0. The van der Waals surface area contributed by atoms with E-state index < -0.39 is 5.60 Å². The molecule has 0 aromatic carbocycles. The summed E-state index contributed by atoms with van der Waals surface area (Å²) in [4.78, 5) is 27.6. The number of carbonyl (C=O) groups is 2. The van der Waals surface area contributed by atoms with Crippen LogP contribution >= 0.6 is 0 Å². The van der Waals surface area contributed by atoms with Gasteiger partial charge in [-0.05, 0) is 34.1 Å². The molecule has 120 valence electrons. The standard InChI is InChI=1S/C15H27N3O3/c1-11-8-16-12(9-17-7-5-6-13(17)19)10-18(11)14(20)21-15(2,3)4/h11-12,16H,5-10H2,1-4H3/t11-,12+/m1/s1. The van der Waals surface area contributed by atoms with Crippen molar-refractivity contribution < 1.29 is 14.3 Å². The molecule has 2 rings (SSSR count). The fourth-order valence-electron chi connectivity index (χ4n) is 2.79. The van der Waals surface area contributed by atoms with Gasteiger partial charge in [0.2, 0.25) is 5.91 Å². The Morgan fingerprint density at radius 1 is 1.43 bits per heavy atom. The van der Waals surface area contributed by atoms with Crippen LogP contribution in [0.25, 0.3) is 0 Å². The third kappa shape index (κ3) is 4.33. The zero-order valence-electron chi connectivity index (χ0n) is 13.5. The summed E-state index contributed by atoms with van der Waals surface area (Å²) in [7, 11) is 0. The second-order valence-electron chi connectivity index (χ2n) is 7.03. The van der Waals surface area contributed by atoms with Crippen LogP contribution in [0.1, 0.15) is 40.5 Å². The number of carbonyl (C=O) groups excluding carboxylic acids is 2. The van der Waals surface area contributed by atoms with Crippen LogP contribution in [0.15, 0.2) is 0 Å². The van der Waals surface area contributed by atoms with Crippen LogP contribution in [0.2, 0.25) is 0 Å². The molecular weight excluding hydrogens is 270 g/mol. The maximum Gasteiger partial charge on any atom is 0.410 e. The fraction of sp³-hybridized carbons (Fsp3) is 0.867. The lowest BCUT2D eigenvalue weighted by atomic mass is 10.1. The highest BCUT2D eigenvalue weighted by molar-refractivity contribution is 5.78. The van der Waals surface area contributed by atoms with Crippen LogP contribution in [0, 0.1) is 0 Å². The molecule has 21 heavy (non-hydrogen) atoms. The molecule has 2 saturated heterocycles. The zero-order chi connectivity index (χ0) is 15.6. The molecule has 0 aliphatic carbocycles. The average molecular weight is 297 g/mol. The maximum atomic E-state index is 12.3. The third-order valence-electron chi connectivity index (χ3n) is 3.89. The Bertz CT molecular complexity index is 405. The molecule has 0 aromatic rings. The lowest BCUT2D eigenvalue weighted by molar-refractivity contribution is -0.128. The van der Waals surface area contributed by atoms with Crippen molar-refractivity contribution in [1.82, 2.24) is 15.1 Å². The maximum absolute atomic E-state index is 12.3. The van der Waals surface area contributed by atoms with Gasteiger partial charge in [-0.1, -0.05) is 0 Å². The van der Waals surface area contributed by atoms with Crippen molar-refractivity contribution in [2.24, 2.45) is 0 Å². The predicted octanol–water partition coefficient (Wildman–Crippen LogP) is 1.21. The van der Waals surface area contributed by atoms with Gasteiger partial charge < -0.3 is 19.9 Å². The molecule has 2 heterocycles. The van der Waals surface area contributed by atoms with E-state index in [1.807, 2.05) is 32.6 Å². The number of ether oxygens (including phenoxy) is 1. The van der Waals surface area contributed by atoms with Crippen LogP contribution in [0.4, 0.5) is 4.79 Å². The lowest BCUT2D eigenvalue weighted by Gasteiger charge is -2.40. The minimum atomic E-state index is -0.484. The molecule has 2 fully saturated rings. The van der Waals surface area contributed by atoms with Crippen molar-refractivity contribution in [3.8, 4) is 0 Å². The second-order valence-corrected chi connectivity index (χ2v) is 7.03. The summed E-state index contributed by atoms with van der Waals surface area (Å²) in [6.07, 6.45) is 1.32. The van der Waals surface area contributed by atoms with Crippen molar-refractivity contribution in [1.29, 1.82) is 0 Å². The van der Waals surface area contributed by atoms with E-state index in [0.717, 1.165) is 19.5 Å². The Balaban J connectivity index is 1.92. The number of rotatable bonds is 2. The van der Waals surface area contributed by atoms with Gasteiger partial charge in [0.1, 0.15) is 5.60 Å². The monoisotopic (exact) mass is 297 g/mol. The molecule has 0 radical (unpaired) electrons. The molecule has 0 saturated carbocycles. The molecule has 6 heteroatoms. The van der Waals surface area contributed by atoms with Gasteiger partial charge in [-0.2, -0.15) is 0 Å². The van der Waals surface area contributed by atoms with Gasteiger partial charge in [0.15, 0.2) is 0 Å². The first-order valence-electron chi connectivity index (χ1n) is 7.77. The Morgan fingerprint density at radius 2 is 2.14 bits per heavy atom. The minimum absolute atomic E-state index is 0.102. The Hall–Kier alpha value is -1.30. The van der Waals surface area contributed by atoms with Gasteiger partial charge in [0, 0.05) is 44.7 Å². The molecule has 0 bridgehead atoms. The molecule has 2 atom stereocenters. The van der Waals surface area contributed by atoms with Gasteiger partial charge in [-0.25, -0.2) is 4.79 Å². The smallest absolute Gasteiger partial charge is 0.410 e. The summed E-state index contributed by atoms with van der Waals surface area (Å²) in [5.74, 6) is 0.222. The van der Waals surface area contributed by atoms with Crippen molar-refractivity contribution in [3.05, 3.63) is 0 Å². The predicted molar refractivity (Wildman–Crippen MR) is 80.0 cm³/mol. The summed E-state index contributed by atoms with van der Waals surface area (Å²) in [5, 5.41) is 3.42. The van der Waals surface area contributed by atoms with Gasteiger partial charge in [0.05, 0.1) is 0 Å². The largest absolute Gasteiger partial charge is 0.444 e. The molecule has 6 nitrogen and oxygen atoms in total. The number of piperazine rings is 1. The highest BCUT2D eigenvalue weighted by Crippen LogP contribution is 2.16. The van der Waals surface area contributed by atoms with Crippen molar-refractivity contribution in [2.45, 2.75) is 58.2 Å². The first-order chi connectivity index (χ1) is 9.76. The molecule has 2 amide bonds. The lowest BCUT2D eigenvalue weighted by Crippen LogP contribution is -2.60. The van der Waals surface area contributed by atoms with Crippen LogP contribution in [-0.4, -0.2) is 65.7 Å². The van der Waals surface area contributed by atoms with Crippen LogP contribution < -0.4 is 5.32 Å². The van der Waals surface area contributed by atoms with Gasteiger partial charge in [-0.15, -0.1) is 0 Å². The molecule has 2 aliphatic heterocycles. The third-order valence-corrected chi connectivity index (χ3v) is 3.89. The number of nitrogens with one attached hydrogen (secondary N) is 1. The summed E-state index contributed by atoms with van der Waals surface area (Å²) in [5.41, 5.74) is -0.484. The Morgan fingerprint density at radius 3 is 2.71 bits per heavy atom. The average Bonchev–Trinajstić information content (AvgIpc) is 2.75. The number of hydrogen-bond donors (Lipinski definition) is 1. The number of nitrogens with zero attached hydrogens (tertiary/aromatic N) is 2. The van der Waals surface area contributed by atoms with E-state index in [1.54, 1.807) is 4.90 Å². The highest BCUT2D eigenvalue weighted by Gasteiger charge is 2.33. The highest BCUT2D eigenvalue weighted by atomic mass is 16.6. The summed E-state index contributed by atoms with van der Waals surface area (Å²) < 4.78 is 5.47. The van der Waals surface area contributed by atoms with Crippen LogP contribution in [0.3, 0.4) is 0 Å². The van der Waals surface area contributed by atoms with E-state index in [0.29, 0.717) is 19.5 Å². The van der Waals surface area contributed by atoms with E-state index in [-0.39, 0.29) is 24.1 Å². The van der Waals surface area contributed by atoms with Crippen molar-refractivity contribution in [3.63, 3.8) is 0 Å². The van der Waals surface area contributed by atoms with Crippen LogP contribution in [0.5, 0.6) is 0 Å². The van der Waals surface area contributed by atoms with E-state index in [2.05, 4.69) is 5.32 Å². The fourth-order valence-corrected chi connectivity index (χ4v) is 2.79. The summed E-state index contributed by atoms with van der Waals surface area (Å²) in [6, 6.07) is 0.223. The topological polar surface area (TPSA) is 61.9 Å². The summed E-state index contributed by atoms with van der Waals surface area (Å²) in [6.45, 7) is 10.4. The van der Waals surface area contributed by atoms with Gasteiger partial charge in [0.25, 0.3) is 0 Å². The van der Waals surface area contributed by atoms with E-state index >= 15 is 0 Å². The number of likely N-dealkylation sites (tertiary alicyclic amines) is 1. The molecule has 0 spiro atoms. The Kier molecular flexibility index (Phi) is 4.76. The van der Waals surface area contributed by atoms with Crippen molar-refractivity contribution in [2.75, 3.05) is 26.2 Å². The molecule has 2 aliphatic rings. The first kappa shape index (κ1) is 16.1. The van der Waals surface area contributed by atoms with E-state index in [4.69, 9.17) is 4.74 Å². The van der Waals surface area contributed by atoms with E-state index in [9.17, 15) is 9.59 Å². The minimum Gasteiger partial charge on any atom is -0.444 e. The second kappa shape index (κ2) is 6.22. The normalized spacial score (nSPS) is 27.1. The molecule has 0 aromatic heterocycles. The first-order valence-corrected chi connectivity index (χ1v) is 7.77. The zero-order valence-corrected chi connectivity index (χ0v) is 13.5. The van der Waals surface area contributed by atoms with E-state index in [1.165, 1.54) is 0 Å². The molecule has 1 N–H and O–H groups in total. The number of hydrogen-bond acceptors (Lipinski definition) is 4. The SMILES string of the molecule is C[C@@H]1CN[C@@H](CN2CCCC2=O)CN1C(=O)OC(C)(C)C. The van der Waals surface area contributed by atoms with Gasteiger partial charge >= 0.3 is 6.09 Å². The molecule has 0 unspecified atom stereocenters. The van der Waals surface area contributed by atoms with Crippen molar-refractivity contribution >= 4 is 12.0 Å². The van der Waals surface area contributed by atoms with Crippen LogP contribution in [-0.2, 0) is 9.53 Å². The number of amides is 2. The molecular formula is C15H27N3O3. The Labute approximate surface area is 126 Å². The van der Waals surface area contributed by atoms with Gasteiger partial charge in [-0.3, -0.25) is 4.79 Å². The quantitative estimate of drug-likeness (QED) is 0.832.